The van der Waals surface area contributed by atoms with Crippen LogP contribution in [0.3, 0.4) is 0 Å². The summed E-state index contributed by atoms with van der Waals surface area (Å²) < 4.78 is 2.40. The largest absolute Gasteiger partial charge is 0.309 e. The molecule has 2 heterocycles. The highest BCUT2D eigenvalue weighted by atomic mass is 35.5. The molecular weight excluding hydrogens is 305 g/mol. The average Bonchev–Trinajstić information content (AvgIpc) is 2.82. The van der Waals surface area contributed by atoms with Crippen molar-refractivity contribution in [1.29, 1.82) is 0 Å². The van der Waals surface area contributed by atoms with E-state index in [-0.39, 0.29) is 0 Å². The molecule has 0 N–H and O–H groups in total. The Labute approximate surface area is 133 Å². The van der Waals surface area contributed by atoms with Crippen LogP contribution in [0, 0.1) is 23.7 Å². The van der Waals surface area contributed by atoms with Gasteiger partial charge in [-0.05, 0) is 49.0 Å². The van der Waals surface area contributed by atoms with Crippen molar-refractivity contribution in [1.82, 2.24) is 14.5 Å². The van der Waals surface area contributed by atoms with Crippen molar-refractivity contribution in [2.24, 2.45) is 23.7 Å². The molecular formula is C16H17Cl2N3. The number of nitrogens with zero attached hydrogens (tertiary/aromatic N) is 3. The number of hydrogen-bond acceptors (Lipinski definition) is 2. The third kappa shape index (κ3) is 1.68. The summed E-state index contributed by atoms with van der Waals surface area (Å²) >= 11 is 12.0. The second-order valence-corrected chi connectivity index (χ2v) is 7.63. The molecule has 4 atom stereocenters. The summed E-state index contributed by atoms with van der Waals surface area (Å²) in [6, 6.07) is 2.54. The van der Waals surface area contributed by atoms with Gasteiger partial charge >= 0.3 is 0 Å². The van der Waals surface area contributed by atoms with E-state index in [9.17, 15) is 0 Å². The number of halogens is 2. The molecule has 2 aromatic rings. The van der Waals surface area contributed by atoms with E-state index in [2.05, 4.69) is 9.55 Å². The summed E-state index contributed by atoms with van der Waals surface area (Å²) in [5, 5.41) is 0.653. The van der Waals surface area contributed by atoms with Crippen molar-refractivity contribution in [3.63, 3.8) is 0 Å². The highest BCUT2D eigenvalue weighted by molar-refractivity contribution is 6.31. The molecule has 2 bridgehead atoms. The lowest BCUT2D eigenvalue weighted by Gasteiger charge is -2.13. The van der Waals surface area contributed by atoms with Crippen molar-refractivity contribution < 1.29 is 0 Å². The molecule has 3 saturated carbocycles. The summed E-state index contributed by atoms with van der Waals surface area (Å²) in [7, 11) is 0. The van der Waals surface area contributed by atoms with Crippen LogP contribution in [0.25, 0.3) is 11.2 Å². The molecule has 2 aromatic heterocycles. The molecule has 110 valence electrons. The van der Waals surface area contributed by atoms with Crippen LogP contribution in [0.4, 0.5) is 0 Å². The van der Waals surface area contributed by atoms with Crippen LogP contribution in [0.2, 0.25) is 5.02 Å². The van der Waals surface area contributed by atoms with Gasteiger partial charge in [-0.25, -0.2) is 9.97 Å². The minimum atomic E-state index is 0.603. The Morgan fingerprint density at radius 1 is 1.24 bits per heavy atom. The maximum absolute atomic E-state index is 6.07. The molecule has 0 radical (unpaired) electrons. The van der Waals surface area contributed by atoms with Gasteiger partial charge in [0.05, 0.1) is 5.02 Å². The van der Waals surface area contributed by atoms with Crippen molar-refractivity contribution in [3.05, 3.63) is 23.1 Å². The third-order valence-electron chi connectivity index (χ3n) is 5.88. The lowest BCUT2D eigenvalue weighted by molar-refractivity contribution is 0.451. The zero-order valence-corrected chi connectivity index (χ0v) is 13.2. The number of aromatic nitrogens is 3. The minimum absolute atomic E-state index is 0.603. The lowest BCUT2D eigenvalue weighted by Crippen LogP contribution is -2.09. The predicted molar refractivity (Wildman–Crippen MR) is 83.8 cm³/mol. The molecule has 0 amide bonds. The number of fused-ring (bicyclic) bond motifs is 6. The molecule has 3 nitrogen and oxygen atoms in total. The molecule has 3 fully saturated rings. The molecule has 5 rings (SSSR count). The van der Waals surface area contributed by atoms with Gasteiger partial charge in [0, 0.05) is 24.5 Å². The van der Waals surface area contributed by atoms with Gasteiger partial charge in [0.2, 0.25) is 0 Å². The van der Waals surface area contributed by atoms with Crippen LogP contribution in [0.15, 0.2) is 12.3 Å². The van der Waals surface area contributed by atoms with E-state index in [0.29, 0.717) is 16.9 Å². The van der Waals surface area contributed by atoms with Gasteiger partial charge in [0.25, 0.3) is 0 Å². The van der Waals surface area contributed by atoms with Gasteiger partial charge in [0.15, 0.2) is 5.65 Å². The quantitative estimate of drug-likeness (QED) is 0.797. The van der Waals surface area contributed by atoms with Crippen LogP contribution in [-0.4, -0.2) is 20.4 Å². The number of hydrogen-bond donors (Lipinski definition) is 0. The Bertz CT molecular complexity index is 710. The first-order chi connectivity index (χ1) is 10.3. The molecule has 3 aliphatic carbocycles. The van der Waals surface area contributed by atoms with Crippen LogP contribution in [-0.2, 0) is 6.42 Å². The first-order valence-electron chi connectivity index (χ1n) is 7.86. The lowest BCUT2D eigenvalue weighted by atomic mass is 10.0. The molecule has 0 aliphatic heterocycles. The zero-order valence-electron chi connectivity index (χ0n) is 11.7. The van der Waals surface area contributed by atoms with E-state index in [1.807, 2.05) is 6.07 Å². The molecule has 3 aliphatic rings. The second-order valence-electron chi connectivity index (χ2n) is 6.81. The number of alkyl halides is 1. The number of pyridine rings is 1. The Hall–Kier alpha value is -0.800. The van der Waals surface area contributed by atoms with Gasteiger partial charge in [-0.2, -0.15) is 0 Å². The summed E-state index contributed by atoms with van der Waals surface area (Å²) in [5.74, 6) is 5.32. The maximum Gasteiger partial charge on any atom is 0.160 e. The monoisotopic (exact) mass is 321 g/mol. The van der Waals surface area contributed by atoms with Gasteiger partial charge < -0.3 is 4.57 Å². The first kappa shape index (κ1) is 12.7. The minimum Gasteiger partial charge on any atom is -0.309 e. The summed E-state index contributed by atoms with van der Waals surface area (Å²) in [4.78, 5) is 9.32. The van der Waals surface area contributed by atoms with E-state index in [4.69, 9.17) is 28.2 Å². The van der Waals surface area contributed by atoms with E-state index in [1.165, 1.54) is 19.3 Å². The first-order valence-corrected chi connectivity index (χ1v) is 8.77. The van der Waals surface area contributed by atoms with Crippen LogP contribution in [0.1, 0.15) is 31.1 Å². The fraction of sp³-hybridized carbons (Fsp3) is 0.625. The number of rotatable bonds is 3. The highest BCUT2D eigenvalue weighted by Crippen LogP contribution is 2.71. The molecule has 0 saturated heterocycles. The van der Waals surface area contributed by atoms with Gasteiger partial charge in [-0.3, -0.25) is 0 Å². The van der Waals surface area contributed by atoms with Crippen LogP contribution in [0.5, 0.6) is 0 Å². The van der Waals surface area contributed by atoms with Gasteiger partial charge in [-0.1, -0.05) is 11.6 Å². The normalized spacial score (nSPS) is 36.4. The zero-order chi connectivity index (χ0) is 14.1. The fourth-order valence-electron chi connectivity index (χ4n) is 5.20. The van der Waals surface area contributed by atoms with Crippen molar-refractivity contribution in [2.75, 3.05) is 5.88 Å². The predicted octanol–water partition coefficient (Wildman–Crippen LogP) is 4.08. The highest BCUT2D eigenvalue weighted by Gasteiger charge is 2.66. The summed E-state index contributed by atoms with van der Waals surface area (Å²) in [6.45, 7) is 0. The molecule has 21 heavy (non-hydrogen) atoms. The SMILES string of the molecule is ClCCc1nc2cc(Cl)cnc2n1C1C2C3CCC(C3)C21. The fourth-order valence-corrected chi connectivity index (χ4v) is 5.52. The van der Waals surface area contributed by atoms with Crippen molar-refractivity contribution >= 4 is 34.4 Å². The molecule has 5 heteroatoms. The Morgan fingerprint density at radius 2 is 2.00 bits per heavy atom. The standard InChI is InChI=1S/C16H17Cl2N3/c17-4-3-12-20-11-6-10(18)7-19-16(11)21(12)15-13-8-1-2-9(5-8)14(13)15/h6-9,13-15H,1-5H2. The molecule has 0 aromatic carbocycles. The topological polar surface area (TPSA) is 30.7 Å². The summed E-state index contributed by atoms with van der Waals surface area (Å²) in [6.07, 6.45) is 6.86. The van der Waals surface area contributed by atoms with Gasteiger partial charge in [-0.15, -0.1) is 11.6 Å². The molecule has 4 unspecified atom stereocenters. The van der Waals surface area contributed by atoms with Crippen molar-refractivity contribution in [2.45, 2.75) is 31.7 Å². The summed E-state index contributed by atoms with van der Waals surface area (Å²) in [5.41, 5.74) is 1.92. The van der Waals surface area contributed by atoms with Gasteiger partial charge in [0.1, 0.15) is 11.3 Å². The van der Waals surface area contributed by atoms with Crippen LogP contribution >= 0.6 is 23.2 Å². The number of aryl methyl sites for hydroxylation is 1. The smallest absolute Gasteiger partial charge is 0.160 e. The van der Waals surface area contributed by atoms with E-state index in [0.717, 1.165) is 47.1 Å². The molecule has 0 spiro atoms. The van der Waals surface area contributed by atoms with E-state index in [1.54, 1.807) is 6.20 Å². The third-order valence-corrected chi connectivity index (χ3v) is 6.28. The average molecular weight is 322 g/mol. The second kappa shape index (κ2) is 4.36. The number of imidazole rings is 1. The van der Waals surface area contributed by atoms with Crippen LogP contribution < -0.4 is 0 Å². The maximum atomic E-state index is 6.07. The van der Waals surface area contributed by atoms with E-state index >= 15 is 0 Å². The van der Waals surface area contributed by atoms with Crippen molar-refractivity contribution in [3.8, 4) is 0 Å². The van der Waals surface area contributed by atoms with E-state index < -0.39 is 0 Å². The Kier molecular flexibility index (Phi) is 2.64. The Balaban J connectivity index is 1.63. The Morgan fingerprint density at radius 3 is 2.71 bits per heavy atom.